The summed E-state index contributed by atoms with van der Waals surface area (Å²) in [6, 6.07) is 9.73. The molecule has 1 atom stereocenters. The van der Waals surface area contributed by atoms with Gasteiger partial charge in [0, 0.05) is 18.0 Å². The molecular weight excluding hydrogens is 410 g/mol. The highest BCUT2D eigenvalue weighted by Gasteiger charge is 2.21. The second-order valence-electron chi connectivity index (χ2n) is 6.54. The topological polar surface area (TPSA) is 95.6 Å². The Labute approximate surface area is 176 Å². The Bertz CT molecular complexity index is 948. The average Bonchev–Trinajstić information content (AvgIpc) is 3.13. The molecule has 1 aromatic heterocycles. The molecule has 2 N–H and O–H groups in total. The molecule has 2 aromatic rings. The second-order valence-corrected chi connectivity index (χ2v) is 9.77. The number of aryl methyl sites for hydroxylation is 1. The summed E-state index contributed by atoms with van der Waals surface area (Å²) < 4.78 is 26.5. The van der Waals surface area contributed by atoms with Crippen LogP contribution in [0.25, 0.3) is 0 Å². The molecule has 0 aliphatic heterocycles. The molecule has 0 aliphatic rings. The maximum Gasteiger partial charge on any atom is 0.261 e. The molecule has 0 fully saturated rings. The van der Waals surface area contributed by atoms with Gasteiger partial charge in [-0.25, -0.2) is 8.42 Å². The van der Waals surface area contributed by atoms with E-state index >= 15 is 0 Å². The highest BCUT2D eigenvalue weighted by Crippen LogP contribution is 2.19. The normalized spacial score (nSPS) is 12.6. The molecule has 158 valence electrons. The molecule has 0 spiro atoms. The smallest absolute Gasteiger partial charge is 0.261 e. The van der Waals surface area contributed by atoms with Gasteiger partial charge in [0.15, 0.2) is 0 Å². The molecule has 1 heterocycles. The third kappa shape index (κ3) is 5.88. The van der Waals surface area contributed by atoms with Gasteiger partial charge in [0.1, 0.15) is 0 Å². The number of carbonyl (C=O) groups is 2. The van der Waals surface area contributed by atoms with Gasteiger partial charge in [-0.2, -0.15) is 4.31 Å². The number of carbonyl (C=O) groups excluding carboxylic acids is 2. The summed E-state index contributed by atoms with van der Waals surface area (Å²) in [4.78, 5) is 26.0. The lowest BCUT2D eigenvalue weighted by atomic mass is 10.1. The van der Waals surface area contributed by atoms with E-state index in [2.05, 4.69) is 10.6 Å². The Balaban J connectivity index is 1.94. The van der Waals surface area contributed by atoms with Crippen LogP contribution in [0.5, 0.6) is 0 Å². The van der Waals surface area contributed by atoms with Gasteiger partial charge in [0.05, 0.1) is 22.4 Å². The highest BCUT2D eigenvalue weighted by atomic mass is 32.2. The first kappa shape index (κ1) is 23.1. The van der Waals surface area contributed by atoms with Gasteiger partial charge in [0.2, 0.25) is 15.9 Å². The minimum Gasteiger partial charge on any atom is -0.348 e. The number of sulfonamides is 1. The van der Waals surface area contributed by atoms with Crippen LogP contribution in [0.1, 0.15) is 46.9 Å². The predicted octanol–water partition coefficient (Wildman–Crippen LogP) is 2.69. The van der Waals surface area contributed by atoms with Crippen molar-refractivity contribution < 1.29 is 18.0 Å². The summed E-state index contributed by atoms with van der Waals surface area (Å²) in [7, 11) is -3.51. The second kappa shape index (κ2) is 10.00. The van der Waals surface area contributed by atoms with Crippen LogP contribution in [-0.2, 0) is 14.8 Å². The van der Waals surface area contributed by atoms with Crippen molar-refractivity contribution in [1.29, 1.82) is 0 Å². The quantitative estimate of drug-likeness (QED) is 0.630. The predicted molar refractivity (Wildman–Crippen MR) is 114 cm³/mol. The van der Waals surface area contributed by atoms with Crippen LogP contribution in [0.2, 0.25) is 0 Å². The average molecular weight is 438 g/mol. The number of thiophene rings is 1. The van der Waals surface area contributed by atoms with Gasteiger partial charge >= 0.3 is 0 Å². The summed E-state index contributed by atoms with van der Waals surface area (Å²) in [5.41, 5.74) is 0.775. The van der Waals surface area contributed by atoms with Gasteiger partial charge in [0.25, 0.3) is 5.91 Å². The monoisotopic (exact) mass is 437 g/mol. The Morgan fingerprint density at radius 2 is 1.69 bits per heavy atom. The SMILES string of the molecule is CCN(CC)S(=O)(=O)c1ccc(C(C)NC(=O)CNC(=O)c2ccc(C)s2)cc1. The van der Waals surface area contributed by atoms with Gasteiger partial charge in [-0.05, 0) is 43.7 Å². The maximum absolute atomic E-state index is 12.5. The van der Waals surface area contributed by atoms with E-state index in [1.165, 1.54) is 15.6 Å². The third-order valence-corrected chi connectivity index (χ3v) is 7.54. The third-order valence-electron chi connectivity index (χ3n) is 4.47. The number of hydrogen-bond donors (Lipinski definition) is 2. The maximum atomic E-state index is 12.5. The summed E-state index contributed by atoms with van der Waals surface area (Å²) in [6.07, 6.45) is 0. The number of hydrogen-bond acceptors (Lipinski definition) is 5. The van der Waals surface area contributed by atoms with Crippen LogP contribution in [0.15, 0.2) is 41.3 Å². The van der Waals surface area contributed by atoms with Crippen molar-refractivity contribution in [2.75, 3.05) is 19.6 Å². The molecule has 9 heteroatoms. The van der Waals surface area contributed by atoms with Crippen molar-refractivity contribution in [2.45, 2.75) is 38.6 Å². The number of amides is 2. The Morgan fingerprint density at radius 1 is 1.07 bits per heavy atom. The van der Waals surface area contributed by atoms with Crippen LogP contribution in [-0.4, -0.2) is 44.2 Å². The van der Waals surface area contributed by atoms with E-state index in [0.717, 1.165) is 10.4 Å². The van der Waals surface area contributed by atoms with Crippen LogP contribution in [0, 0.1) is 6.92 Å². The lowest BCUT2D eigenvalue weighted by molar-refractivity contribution is -0.120. The van der Waals surface area contributed by atoms with Gasteiger partial charge in [-0.15, -0.1) is 11.3 Å². The fourth-order valence-electron chi connectivity index (χ4n) is 2.82. The van der Waals surface area contributed by atoms with E-state index in [1.54, 1.807) is 51.1 Å². The first-order valence-electron chi connectivity index (χ1n) is 9.43. The van der Waals surface area contributed by atoms with E-state index in [4.69, 9.17) is 0 Å². The summed E-state index contributed by atoms with van der Waals surface area (Å²) in [5.74, 6) is -0.601. The summed E-state index contributed by atoms with van der Waals surface area (Å²) in [5, 5.41) is 5.40. The van der Waals surface area contributed by atoms with Crippen molar-refractivity contribution in [3.8, 4) is 0 Å². The van der Waals surface area contributed by atoms with Gasteiger partial charge < -0.3 is 10.6 Å². The van der Waals surface area contributed by atoms with Crippen molar-refractivity contribution in [3.05, 3.63) is 51.7 Å². The molecular formula is C20H27N3O4S2. The Morgan fingerprint density at radius 3 is 2.21 bits per heavy atom. The van der Waals surface area contributed by atoms with Crippen LogP contribution >= 0.6 is 11.3 Å². The standard InChI is InChI=1S/C20H27N3O4S2/c1-5-23(6-2)29(26,27)17-10-8-16(9-11-17)15(4)22-19(24)13-21-20(25)18-12-7-14(3)28-18/h7-12,15H,5-6,13H2,1-4H3,(H,21,25)(H,22,24). The molecule has 0 saturated carbocycles. The van der Waals surface area contributed by atoms with Crippen molar-refractivity contribution >= 4 is 33.2 Å². The molecule has 29 heavy (non-hydrogen) atoms. The zero-order valence-corrected chi connectivity index (χ0v) is 18.7. The minimum absolute atomic E-state index is 0.130. The molecule has 1 unspecified atom stereocenters. The molecule has 1 aromatic carbocycles. The van der Waals surface area contributed by atoms with Crippen molar-refractivity contribution in [3.63, 3.8) is 0 Å². The fourth-order valence-corrected chi connectivity index (χ4v) is 5.06. The van der Waals surface area contributed by atoms with E-state index < -0.39 is 10.0 Å². The molecule has 0 saturated heterocycles. The Hall–Kier alpha value is -2.23. The van der Waals surface area contributed by atoms with E-state index in [9.17, 15) is 18.0 Å². The van der Waals surface area contributed by atoms with Crippen LogP contribution < -0.4 is 10.6 Å². The number of nitrogens with one attached hydrogen (secondary N) is 2. The zero-order valence-electron chi connectivity index (χ0n) is 17.1. The molecule has 0 radical (unpaired) electrons. The number of nitrogens with zero attached hydrogens (tertiary/aromatic N) is 1. The lowest BCUT2D eigenvalue weighted by Gasteiger charge is -2.19. The summed E-state index contributed by atoms with van der Waals surface area (Å²) >= 11 is 1.37. The van der Waals surface area contributed by atoms with Crippen molar-refractivity contribution in [2.24, 2.45) is 0 Å². The zero-order chi connectivity index (χ0) is 21.6. The molecule has 2 amide bonds. The first-order chi connectivity index (χ1) is 13.7. The van der Waals surface area contributed by atoms with Crippen molar-refractivity contribution in [1.82, 2.24) is 14.9 Å². The van der Waals surface area contributed by atoms with E-state index in [0.29, 0.717) is 18.0 Å². The van der Waals surface area contributed by atoms with Gasteiger partial charge in [-0.3, -0.25) is 9.59 Å². The highest BCUT2D eigenvalue weighted by molar-refractivity contribution is 7.89. The largest absolute Gasteiger partial charge is 0.348 e. The molecule has 2 rings (SSSR count). The molecule has 7 nitrogen and oxygen atoms in total. The van der Waals surface area contributed by atoms with E-state index in [1.807, 2.05) is 13.0 Å². The van der Waals surface area contributed by atoms with Crippen LogP contribution in [0.4, 0.5) is 0 Å². The van der Waals surface area contributed by atoms with Crippen LogP contribution in [0.3, 0.4) is 0 Å². The summed E-state index contributed by atoms with van der Waals surface area (Å²) in [6.45, 7) is 7.99. The minimum atomic E-state index is -3.51. The Kier molecular flexibility index (Phi) is 7.95. The number of benzene rings is 1. The fraction of sp³-hybridized carbons (Fsp3) is 0.400. The first-order valence-corrected chi connectivity index (χ1v) is 11.7. The molecule has 0 aliphatic carbocycles. The molecule has 0 bridgehead atoms. The van der Waals surface area contributed by atoms with Gasteiger partial charge in [-0.1, -0.05) is 26.0 Å². The van der Waals surface area contributed by atoms with E-state index in [-0.39, 0.29) is 29.3 Å². The number of rotatable bonds is 9. The lowest BCUT2D eigenvalue weighted by Crippen LogP contribution is -2.37.